The van der Waals surface area contributed by atoms with Crippen LogP contribution in [-0.2, 0) is 4.79 Å². The Hall–Kier alpha value is -0.570. The Morgan fingerprint density at radius 2 is 2.08 bits per heavy atom. The summed E-state index contributed by atoms with van der Waals surface area (Å²) >= 11 is 0. The van der Waals surface area contributed by atoms with Crippen LogP contribution in [0.15, 0.2) is 0 Å². The molecule has 13 heavy (non-hydrogen) atoms. The van der Waals surface area contributed by atoms with Gasteiger partial charge >= 0.3 is 0 Å². The van der Waals surface area contributed by atoms with E-state index in [4.69, 9.17) is 0 Å². The topological polar surface area (TPSA) is 23.6 Å². The van der Waals surface area contributed by atoms with Crippen LogP contribution in [0.2, 0.25) is 0 Å². The maximum atomic E-state index is 11.9. The molecule has 0 aromatic carbocycles. The molecule has 1 atom stereocenters. The van der Waals surface area contributed by atoms with Crippen molar-refractivity contribution in [3.05, 3.63) is 0 Å². The van der Waals surface area contributed by atoms with Gasteiger partial charge in [0.2, 0.25) is 5.91 Å². The van der Waals surface area contributed by atoms with Crippen LogP contribution >= 0.6 is 0 Å². The number of carbonyl (C=O) groups is 1. The van der Waals surface area contributed by atoms with Crippen molar-refractivity contribution < 1.29 is 4.79 Å². The van der Waals surface area contributed by atoms with Crippen LogP contribution in [0.5, 0.6) is 0 Å². The van der Waals surface area contributed by atoms with Gasteiger partial charge in [0, 0.05) is 13.1 Å². The highest BCUT2D eigenvalue weighted by molar-refractivity contribution is 5.82. The second-order valence-electron chi connectivity index (χ2n) is 3.65. The maximum absolute atomic E-state index is 11.9. The third kappa shape index (κ3) is 2.21. The lowest BCUT2D eigenvalue weighted by molar-refractivity contribution is -0.135. The minimum Gasteiger partial charge on any atom is -0.342 e. The second-order valence-corrected chi connectivity index (χ2v) is 3.65. The molecule has 1 rings (SSSR count). The van der Waals surface area contributed by atoms with Crippen molar-refractivity contribution in [3.63, 3.8) is 0 Å². The van der Waals surface area contributed by atoms with Gasteiger partial charge in [-0.05, 0) is 40.3 Å². The predicted octanol–water partition coefficient (Wildman–Crippen LogP) is 0.949. The number of likely N-dealkylation sites (N-methyl/N-ethyl adjacent to an activating group) is 2. The van der Waals surface area contributed by atoms with Gasteiger partial charge in [0.05, 0.1) is 6.04 Å². The van der Waals surface area contributed by atoms with E-state index in [1.807, 2.05) is 25.8 Å². The average Bonchev–Trinajstić information content (AvgIpc) is 2.53. The Morgan fingerprint density at radius 3 is 2.46 bits per heavy atom. The monoisotopic (exact) mass is 184 g/mol. The lowest BCUT2D eigenvalue weighted by atomic mass is 10.2. The molecule has 0 aromatic heterocycles. The van der Waals surface area contributed by atoms with E-state index >= 15 is 0 Å². The molecule has 0 saturated carbocycles. The molecule has 1 aliphatic heterocycles. The standard InChI is InChI=1S/C10H20N2O/c1-4-12(5-2)10(13)9-7-6-8-11(9)3/h9H,4-8H2,1-3H3. The summed E-state index contributed by atoms with van der Waals surface area (Å²) < 4.78 is 0. The SMILES string of the molecule is CCN(CC)C(=O)C1CCCN1C. The Morgan fingerprint density at radius 1 is 1.46 bits per heavy atom. The minimum absolute atomic E-state index is 0.153. The normalized spacial score (nSPS) is 23.5. The van der Waals surface area contributed by atoms with Gasteiger partial charge in [-0.3, -0.25) is 9.69 Å². The first-order valence-corrected chi connectivity index (χ1v) is 5.19. The maximum Gasteiger partial charge on any atom is 0.239 e. The van der Waals surface area contributed by atoms with E-state index in [9.17, 15) is 4.79 Å². The molecule has 1 unspecified atom stereocenters. The third-order valence-electron chi connectivity index (χ3n) is 2.88. The van der Waals surface area contributed by atoms with Crippen molar-refractivity contribution in [1.82, 2.24) is 9.80 Å². The van der Waals surface area contributed by atoms with Crippen molar-refractivity contribution in [2.75, 3.05) is 26.7 Å². The first kappa shape index (κ1) is 10.5. The van der Waals surface area contributed by atoms with Crippen LogP contribution in [0.3, 0.4) is 0 Å². The summed E-state index contributed by atoms with van der Waals surface area (Å²) in [6, 6.07) is 0.153. The van der Waals surface area contributed by atoms with E-state index in [0.717, 1.165) is 32.5 Å². The van der Waals surface area contributed by atoms with Gasteiger partial charge in [-0.2, -0.15) is 0 Å². The van der Waals surface area contributed by atoms with Gasteiger partial charge < -0.3 is 4.90 Å². The van der Waals surface area contributed by atoms with E-state index in [-0.39, 0.29) is 6.04 Å². The first-order valence-electron chi connectivity index (χ1n) is 5.19. The molecular weight excluding hydrogens is 164 g/mol. The van der Waals surface area contributed by atoms with Gasteiger partial charge in [-0.1, -0.05) is 0 Å². The van der Waals surface area contributed by atoms with Crippen LogP contribution in [0.25, 0.3) is 0 Å². The molecule has 0 N–H and O–H groups in total. The number of likely N-dealkylation sites (tertiary alicyclic amines) is 1. The zero-order chi connectivity index (χ0) is 9.84. The molecule has 0 aliphatic carbocycles. The van der Waals surface area contributed by atoms with Crippen LogP contribution in [-0.4, -0.2) is 48.4 Å². The minimum atomic E-state index is 0.153. The summed E-state index contributed by atoms with van der Waals surface area (Å²) in [5.74, 6) is 0.310. The van der Waals surface area contributed by atoms with Crippen molar-refractivity contribution in [2.45, 2.75) is 32.7 Å². The largest absolute Gasteiger partial charge is 0.342 e. The molecule has 0 radical (unpaired) electrons. The molecule has 1 amide bonds. The quantitative estimate of drug-likeness (QED) is 0.652. The lowest BCUT2D eigenvalue weighted by Gasteiger charge is -2.26. The number of rotatable bonds is 3. The Labute approximate surface area is 80.7 Å². The van der Waals surface area contributed by atoms with Crippen LogP contribution < -0.4 is 0 Å². The highest BCUT2D eigenvalue weighted by Crippen LogP contribution is 2.16. The van der Waals surface area contributed by atoms with E-state index < -0.39 is 0 Å². The zero-order valence-electron chi connectivity index (χ0n) is 8.92. The number of nitrogens with zero attached hydrogens (tertiary/aromatic N) is 2. The number of amides is 1. The van der Waals surface area contributed by atoms with E-state index in [1.165, 1.54) is 0 Å². The molecule has 1 saturated heterocycles. The highest BCUT2D eigenvalue weighted by Gasteiger charge is 2.29. The molecule has 0 bridgehead atoms. The van der Waals surface area contributed by atoms with Crippen molar-refractivity contribution in [2.24, 2.45) is 0 Å². The van der Waals surface area contributed by atoms with Gasteiger partial charge in [-0.25, -0.2) is 0 Å². The van der Waals surface area contributed by atoms with Gasteiger partial charge in [-0.15, -0.1) is 0 Å². The van der Waals surface area contributed by atoms with E-state index in [0.29, 0.717) is 5.91 Å². The number of hydrogen-bond acceptors (Lipinski definition) is 2. The molecular formula is C10H20N2O. The number of carbonyl (C=O) groups excluding carboxylic acids is 1. The van der Waals surface area contributed by atoms with Crippen molar-refractivity contribution in [1.29, 1.82) is 0 Å². The molecule has 3 heteroatoms. The first-order chi connectivity index (χ1) is 6.20. The van der Waals surface area contributed by atoms with Crippen LogP contribution in [0.4, 0.5) is 0 Å². The van der Waals surface area contributed by atoms with E-state index in [1.54, 1.807) is 0 Å². The van der Waals surface area contributed by atoms with E-state index in [2.05, 4.69) is 4.90 Å². The molecule has 1 fully saturated rings. The van der Waals surface area contributed by atoms with Crippen molar-refractivity contribution >= 4 is 5.91 Å². The zero-order valence-corrected chi connectivity index (χ0v) is 8.92. The Balaban J connectivity index is 2.54. The predicted molar refractivity (Wildman–Crippen MR) is 53.6 cm³/mol. The average molecular weight is 184 g/mol. The second kappa shape index (κ2) is 4.61. The highest BCUT2D eigenvalue weighted by atomic mass is 16.2. The summed E-state index contributed by atoms with van der Waals surface area (Å²) in [6.07, 6.45) is 2.19. The van der Waals surface area contributed by atoms with Crippen LogP contribution in [0.1, 0.15) is 26.7 Å². The Kier molecular flexibility index (Phi) is 3.72. The van der Waals surface area contributed by atoms with Crippen LogP contribution in [0, 0.1) is 0 Å². The fourth-order valence-electron chi connectivity index (χ4n) is 1.97. The summed E-state index contributed by atoms with van der Waals surface area (Å²) in [7, 11) is 2.04. The van der Waals surface area contributed by atoms with Crippen molar-refractivity contribution in [3.8, 4) is 0 Å². The van der Waals surface area contributed by atoms with Gasteiger partial charge in [0.1, 0.15) is 0 Å². The lowest BCUT2D eigenvalue weighted by Crippen LogP contribution is -2.44. The number of hydrogen-bond donors (Lipinski definition) is 0. The summed E-state index contributed by atoms with van der Waals surface area (Å²) in [6.45, 7) is 6.81. The summed E-state index contributed by atoms with van der Waals surface area (Å²) in [4.78, 5) is 16.0. The summed E-state index contributed by atoms with van der Waals surface area (Å²) in [5.41, 5.74) is 0. The van der Waals surface area contributed by atoms with Gasteiger partial charge in [0.15, 0.2) is 0 Å². The Bertz CT molecular complexity index is 178. The third-order valence-corrected chi connectivity index (χ3v) is 2.88. The fourth-order valence-corrected chi connectivity index (χ4v) is 1.97. The molecule has 0 aromatic rings. The molecule has 3 nitrogen and oxygen atoms in total. The summed E-state index contributed by atoms with van der Waals surface area (Å²) in [5, 5.41) is 0. The fraction of sp³-hybridized carbons (Fsp3) is 0.900. The molecule has 1 aliphatic rings. The smallest absolute Gasteiger partial charge is 0.239 e. The molecule has 1 heterocycles. The molecule has 0 spiro atoms. The molecule has 76 valence electrons. The van der Waals surface area contributed by atoms with Gasteiger partial charge in [0.25, 0.3) is 0 Å².